The molecule has 0 aliphatic carbocycles. The summed E-state index contributed by atoms with van der Waals surface area (Å²) in [6.45, 7) is 4.82. The largest absolute Gasteiger partial charge is 0.271 e. The highest BCUT2D eigenvalue weighted by atomic mass is 35.5. The van der Waals surface area contributed by atoms with Crippen LogP contribution in [0.1, 0.15) is 36.8 Å². The van der Waals surface area contributed by atoms with Crippen molar-refractivity contribution < 1.29 is 4.39 Å². The zero-order chi connectivity index (χ0) is 15.4. The fourth-order valence-electron chi connectivity index (χ4n) is 2.35. The molecule has 4 nitrogen and oxygen atoms in total. The zero-order valence-corrected chi connectivity index (χ0v) is 13.0. The standard InChI is InChI=1S/C15H20ClFN4/c1-3-12-9-15(21(4-2)20-12)14(19-18)7-10-5-6-11(16)8-13(10)17/h5-6,8-9,14,19H,3-4,7,18H2,1-2H3. The van der Waals surface area contributed by atoms with Crippen molar-refractivity contribution in [2.24, 2.45) is 5.84 Å². The molecule has 0 fully saturated rings. The van der Waals surface area contributed by atoms with Gasteiger partial charge in [0.05, 0.1) is 17.4 Å². The Bertz CT molecular complexity index is 612. The number of aryl methyl sites for hydroxylation is 2. The smallest absolute Gasteiger partial charge is 0.127 e. The number of aromatic nitrogens is 2. The number of nitrogens with zero attached hydrogens (tertiary/aromatic N) is 2. The van der Waals surface area contributed by atoms with Crippen LogP contribution in [0.15, 0.2) is 24.3 Å². The molecule has 1 aromatic carbocycles. The predicted molar refractivity (Wildman–Crippen MR) is 82.5 cm³/mol. The maximum Gasteiger partial charge on any atom is 0.127 e. The summed E-state index contributed by atoms with van der Waals surface area (Å²) in [4.78, 5) is 0. The van der Waals surface area contributed by atoms with Crippen LogP contribution >= 0.6 is 11.6 Å². The number of hydrogen-bond donors (Lipinski definition) is 2. The molecule has 1 heterocycles. The highest BCUT2D eigenvalue weighted by Gasteiger charge is 2.18. The van der Waals surface area contributed by atoms with Crippen LogP contribution in [0.2, 0.25) is 5.02 Å². The Balaban J connectivity index is 2.29. The Hall–Kier alpha value is -1.43. The monoisotopic (exact) mass is 310 g/mol. The molecule has 0 aliphatic heterocycles. The molecule has 2 rings (SSSR count). The van der Waals surface area contributed by atoms with Crippen LogP contribution in [-0.4, -0.2) is 9.78 Å². The van der Waals surface area contributed by atoms with E-state index in [9.17, 15) is 4.39 Å². The summed E-state index contributed by atoms with van der Waals surface area (Å²) in [5.74, 6) is 5.35. The topological polar surface area (TPSA) is 55.9 Å². The van der Waals surface area contributed by atoms with Crippen molar-refractivity contribution in [3.05, 3.63) is 52.1 Å². The lowest BCUT2D eigenvalue weighted by atomic mass is 10.0. The first-order valence-corrected chi connectivity index (χ1v) is 7.43. The number of hydrogen-bond acceptors (Lipinski definition) is 3. The van der Waals surface area contributed by atoms with Crippen molar-refractivity contribution in [3.8, 4) is 0 Å². The van der Waals surface area contributed by atoms with Gasteiger partial charge in [0.1, 0.15) is 5.82 Å². The first-order chi connectivity index (χ1) is 10.1. The van der Waals surface area contributed by atoms with Gasteiger partial charge in [-0.2, -0.15) is 5.10 Å². The average Bonchev–Trinajstić information content (AvgIpc) is 2.90. The summed E-state index contributed by atoms with van der Waals surface area (Å²) in [7, 11) is 0. The third kappa shape index (κ3) is 3.61. The van der Waals surface area contributed by atoms with Crippen LogP contribution in [0, 0.1) is 5.82 Å². The molecular weight excluding hydrogens is 291 g/mol. The second kappa shape index (κ2) is 7.02. The van der Waals surface area contributed by atoms with E-state index in [4.69, 9.17) is 17.4 Å². The lowest BCUT2D eigenvalue weighted by Crippen LogP contribution is -2.31. The van der Waals surface area contributed by atoms with E-state index in [-0.39, 0.29) is 11.9 Å². The zero-order valence-electron chi connectivity index (χ0n) is 12.2. The molecule has 6 heteroatoms. The van der Waals surface area contributed by atoms with Crippen LogP contribution in [0.3, 0.4) is 0 Å². The van der Waals surface area contributed by atoms with Crippen LogP contribution < -0.4 is 11.3 Å². The molecule has 114 valence electrons. The van der Waals surface area contributed by atoms with Crippen molar-refractivity contribution in [1.82, 2.24) is 15.2 Å². The molecule has 21 heavy (non-hydrogen) atoms. The van der Waals surface area contributed by atoms with Crippen molar-refractivity contribution in [2.45, 2.75) is 39.3 Å². The molecule has 0 aliphatic rings. The van der Waals surface area contributed by atoms with E-state index in [1.165, 1.54) is 6.07 Å². The number of halogens is 2. The van der Waals surface area contributed by atoms with Crippen LogP contribution in [0.4, 0.5) is 4.39 Å². The fourth-order valence-corrected chi connectivity index (χ4v) is 2.51. The van der Waals surface area contributed by atoms with E-state index in [1.54, 1.807) is 12.1 Å². The van der Waals surface area contributed by atoms with Gasteiger partial charge >= 0.3 is 0 Å². The second-order valence-electron chi connectivity index (χ2n) is 4.89. The van der Waals surface area contributed by atoms with E-state index in [0.717, 1.165) is 24.4 Å². The summed E-state index contributed by atoms with van der Waals surface area (Å²) in [6.07, 6.45) is 1.29. The Kier molecular flexibility index (Phi) is 5.33. The van der Waals surface area contributed by atoms with Crippen molar-refractivity contribution in [2.75, 3.05) is 0 Å². The maximum atomic E-state index is 13.9. The van der Waals surface area contributed by atoms with Crippen LogP contribution in [0.25, 0.3) is 0 Å². The minimum Gasteiger partial charge on any atom is -0.271 e. The predicted octanol–water partition coefficient (Wildman–Crippen LogP) is 3.01. The summed E-state index contributed by atoms with van der Waals surface area (Å²) in [5, 5.41) is 4.89. The number of hydrazine groups is 1. The molecule has 1 unspecified atom stereocenters. The number of benzene rings is 1. The third-order valence-corrected chi connectivity index (χ3v) is 3.76. The molecule has 1 atom stereocenters. The van der Waals surface area contributed by atoms with Crippen molar-refractivity contribution in [1.29, 1.82) is 0 Å². The highest BCUT2D eigenvalue weighted by Crippen LogP contribution is 2.23. The molecule has 0 saturated carbocycles. The second-order valence-corrected chi connectivity index (χ2v) is 5.33. The summed E-state index contributed by atoms with van der Waals surface area (Å²) in [6, 6.07) is 6.51. The Morgan fingerprint density at radius 2 is 2.14 bits per heavy atom. The van der Waals surface area contributed by atoms with Crippen molar-refractivity contribution in [3.63, 3.8) is 0 Å². The van der Waals surface area contributed by atoms with Gasteiger partial charge in [0.2, 0.25) is 0 Å². The Morgan fingerprint density at radius 1 is 1.38 bits per heavy atom. The molecular formula is C15H20ClFN4. The fraction of sp³-hybridized carbons (Fsp3) is 0.400. The SMILES string of the molecule is CCc1cc(C(Cc2ccc(Cl)cc2F)NN)n(CC)n1. The van der Waals surface area contributed by atoms with Crippen molar-refractivity contribution >= 4 is 11.6 Å². The van der Waals surface area contributed by atoms with Gasteiger partial charge in [0, 0.05) is 11.6 Å². The van der Waals surface area contributed by atoms with Gasteiger partial charge in [-0.05, 0) is 43.5 Å². The summed E-state index contributed by atoms with van der Waals surface area (Å²) >= 11 is 5.78. The van der Waals surface area contributed by atoms with Gasteiger partial charge in [-0.25, -0.2) is 4.39 Å². The molecule has 2 aromatic rings. The Morgan fingerprint density at radius 3 is 2.71 bits per heavy atom. The van der Waals surface area contributed by atoms with E-state index >= 15 is 0 Å². The number of nitrogens with one attached hydrogen (secondary N) is 1. The van der Waals surface area contributed by atoms with Gasteiger partial charge in [0.15, 0.2) is 0 Å². The average molecular weight is 311 g/mol. The minimum absolute atomic E-state index is 0.201. The van der Waals surface area contributed by atoms with Gasteiger partial charge in [-0.1, -0.05) is 24.6 Å². The van der Waals surface area contributed by atoms with E-state index in [2.05, 4.69) is 17.4 Å². The normalized spacial score (nSPS) is 12.6. The van der Waals surface area contributed by atoms with E-state index in [1.807, 2.05) is 17.7 Å². The highest BCUT2D eigenvalue weighted by molar-refractivity contribution is 6.30. The quantitative estimate of drug-likeness (QED) is 0.637. The lowest BCUT2D eigenvalue weighted by molar-refractivity contribution is 0.480. The molecule has 0 spiro atoms. The third-order valence-electron chi connectivity index (χ3n) is 3.52. The molecule has 0 bridgehead atoms. The minimum atomic E-state index is -0.318. The molecule has 0 amide bonds. The summed E-state index contributed by atoms with van der Waals surface area (Å²) < 4.78 is 15.8. The first-order valence-electron chi connectivity index (χ1n) is 7.05. The maximum absolute atomic E-state index is 13.9. The molecule has 3 N–H and O–H groups in total. The number of nitrogens with two attached hydrogens (primary N) is 1. The van der Waals surface area contributed by atoms with Crippen LogP contribution in [-0.2, 0) is 19.4 Å². The molecule has 1 aromatic heterocycles. The van der Waals surface area contributed by atoms with Gasteiger partial charge < -0.3 is 0 Å². The van der Waals surface area contributed by atoms with Gasteiger partial charge in [-0.15, -0.1) is 0 Å². The van der Waals surface area contributed by atoms with E-state index < -0.39 is 0 Å². The summed E-state index contributed by atoms with van der Waals surface area (Å²) in [5.41, 5.74) is 5.30. The number of rotatable bonds is 6. The van der Waals surface area contributed by atoms with E-state index in [0.29, 0.717) is 17.0 Å². The Labute approximate surface area is 129 Å². The van der Waals surface area contributed by atoms with Gasteiger partial charge in [0.25, 0.3) is 0 Å². The first kappa shape index (κ1) is 15.9. The lowest BCUT2D eigenvalue weighted by Gasteiger charge is -2.17. The van der Waals surface area contributed by atoms with Gasteiger partial charge in [-0.3, -0.25) is 16.0 Å². The molecule has 0 radical (unpaired) electrons. The van der Waals surface area contributed by atoms with Crippen LogP contribution in [0.5, 0.6) is 0 Å². The molecule has 0 saturated heterocycles.